The van der Waals surface area contributed by atoms with Crippen LogP contribution in [0.15, 0.2) is 23.1 Å². The third kappa shape index (κ3) is 2.87. The Hall–Kier alpha value is -1.20. The van der Waals surface area contributed by atoms with Crippen LogP contribution in [-0.2, 0) is 14.8 Å². The molecule has 5 heteroatoms. The van der Waals surface area contributed by atoms with Crippen LogP contribution in [0, 0.1) is 19.8 Å². The van der Waals surface area contributed by atoms with Gasteiger partial charge in [-0.25, -0.2) is 8.42 Å². The first-order valence-electron chi connectivity index (χ1n) is 6.48. The molecule has 0 atom stereocenters. The molecule has 0 aromatic heterocycles. The number of hydrogen-bond acceptors (Lipinski definition) is 3. The molecule has 1 aromatic rings. The van der Waals surface area contributed by atoms with E-state index >= 15 is 0 Å². The zero-order valence-electron chi connectivity index (χ0n) is 11.3. The minimum atomic E-state index is -3.43. The van der Waals surface area contributed by atoms with E-state index in [1.165, 1.54) is 4.31 Å². The highest BCUT2D eigenvalue weighted by molar-refractivity contribution is 7.89. The molecule has 1 aromatic carbocycles. The fourth-order valence-corrected chi connectivity index (χ4v) is 4.16. The van der Waals surface area contributed by atoms with Crippen LogP contribution < -0.4 is 0 Å². The van der Waals surface area contributed by atoms with Crippen LogP contribution in [-0.4, -0.2) is 32.1 Å². The minimum absolute atomic E-state index is 0.00468. The number of piperidine rings is 1. The molecule has 0 bridgehead atoms. The lowest BCUT2D eigenvalue weighted by atomic mass is 10.0. The van der Waals surface area contributed by atoms with Gasteiger partial charge in [0.15, 0.2) is 0 Å². The van der Waals surface area contributed by atoms with Crippen LogP contribution in [0.3, 0.4) is 0 Å². The van der Waals surface area contributed by atoms with Gasteiger partial charge in [-0.3, -0.25) is 0 Å². The topological polar surface area (TPSA) is 54.5 Å². The molecule has 1 aliphatic heterocycles. The Morgan fingerprint density at radius 1 is 1.21 bits per heavy atom. The molecule has 4 nitrogen and oxygen atoms in total. The molecule has 104 valence electrons. The second-order valence-corrected chi connectivity index (χ2v) is 7.05. The van der Waals surface area contributed by atoms with Crippen LogP contribution in [0.2, 0.25) is 0 Å². The van der Waals surface area contributed by atoms with Gasteiger partial charge in [0.05, 0.1) is 4.90 Å². The van der Waals surface area contributed by atoms with Gasteiger partial charge in [0.25, 0.3) is 0 Å². The van der Waals surface area contributed by atoms with E-state index in [0.29, 0.717) is 30.8 Å². The zero-order chi connectivity index (χ0) is 14.0. The lowest BCUT2D eigenvalue weighted by molar-refractivity contribution is -0.112. The lowest BCUT2D eigenvalue weighted by Gasteiger charge is -2.29. The van der Waals surface area contributed by atoms with E-state index in [2.05, 4.69) is 0 Å². The lowest BCUT2D eigenvalue weighted by Crippen LogP contribution is -2.39. The summed E-state index contributed by atoms with van der Waals surface area (Å²) in [6.45, 7) is 4.56. The summed E-state index contributed by atoms with van der Waals surface area (Å²) in [6, 6.07) is 5.46. The van der Waals surface area contributed by atoms with Gasteiger partial charge in [-0.2, -0.15) is 4.31 Å². The maximum absolute atomic E-state index is 12.6. The predicted molar refractivity (Wildman–Crippen MR) is 73.5 cm³/mol. The van der Waals surface area contributed by atoms with E-state index in [9.17, 15) is 13.2 Å². The molecule has 0 aliphatic carbocycles. The third-order valence-corrected chi connectivity index (χ3v) is 5.69. The van der Waals surface area contributed by atoms with Crippen molar-refractivity contribution in [3.63, 3.8) is 0 Å². The number of benzene rings is 1. The molecular formula is C14H19NO3S. The van der Waals surface area contributed by atoms with Crippen molar-refractivity contribution in [1.29, 1.82) is 0 Å². The summed E-state index contributed by atoms with van der Waals surface area (Å²) in [7, 11) is -3.43. The smallest absolute Gasteiger partial charge is 0.243 e. The number of nitrogens with zero attached hydrogens (tertiary/aromatic N) is 1. The second kappa shape index (κ2) is 5.43. The fraction of sp³-hybridized carbons (Fsp3) is 0.500. The van der Waals surface area contributed by atoms with E-state index in [4.69, 9.17) is 0 Å². The van der Waals surface area contributed by atoms with Crippen molar-refractivity contribution in [1.82, 2.24) is 4.31 Å². The standard InChI is InChI=1S/C14H19NO3S/c1-11-3-4-12(2)14(9-11)19(17,18)15-7-5-13(10-16)6-8-15/h3-4,9-10,13H,5-8H2,1-2H3. The molecule has 0 saturated carbocycles. The van der Waals surface area contributed by atoms with Crippen molar-refractivity contribution in [3.05, 3.63) is 29.3 Å². The average Bonchev–Trinajstić information content (AvgIpc) is 2.41. The number of hydrogen-bond donors (Lipinski definition) is 0. The highest BCUT2D eigenvalue weighted by Crippen LogP contribution is 2.25. The van der Waals surface area contributed by atoms with Crippen LogP contribution in [0.1, 0.15) is 24.0 Å². The molecule has 1 saturated heterocycles. The summed E-state index contributed by atoms with van der Waals surface area (Å²) in [4.78, 5) is 11.1. The molecule has 0 radical (unpaired) electrons. The zero-order valence-corrected chi connectivity index (χ0v) is 12.1. The quantitative estimate of drug-likeness (QED) is 0.795. The number of aryl methyl sites for hydroxylation is 2. The molecule has 0 amide bonds. The maximum atomic E-state index is 12.6. The molecule has 1 aliphatic rings. The van der Waals surface area contributed by atoms with Crippen molar-refractivity contribution in [2.75, 3.05) is 13.1 Å². The van der Waals surface area contributed by atoms with Crippen LogP contribution in [0.5, 0.6) is 0 Å². The summed E-state index contributed by atoms with van der Waals surface area (Å²) in [5.74, 6) is 0.00468. The minimum Gasteiger partial charge on any atom is -0.303 e. The Kier molecular flexibility index (Phi) is 4.06. The first kappa shape index (κ1) is 14.2. The summed E-state index contributed by atoms with van der Waals surface area (Å²) in [5, 5.41) is 0. The number of carbonyl (C=O) groups excluding carboxylic acids is 1. The number of aldehydes is 1. The van der Waals surface area contributed by atoms with Gasteiger partial charge < -0.3 is 4.79 Å². The number of rotatable bonds is 3. The molecule has 2 rings (SSSR count). The molecule has 1 fully saturated rings. The van der Waals surface area contributed by atoms with Gasteiger partial charge in [-0.15, -0.1) is 0 Å². The Morgan fingerprint density at radius 3 is 2.42 bits per heavy atom. The van der Waals surface area contributed by atoms with Gasteiger partial charge in [0, 0.05) is 19.0 Å². The normalized spacial score (nSPS) is 18.4. The number of sulfonamides is 1. The highest BCUT2D eigenvalue weighted by Gasteiger charge is 2.30. The van der Waals surface area contributed by atoms with Gasteiger partial charge in [0.2, 0.25) is 10.0 Å². The van der Waals surface area contributed by atoms with Gasteiger partial charge in [-0.1, -0.05) is 12.1 Å². The largest absolute Gasteiger partial charge is 0.303 e. The summed E-state index contributed by atoms with van der Waals surface area (Å²) in [6.07, 6.45) is 2.17. The highest BCUT2D eigenvalue weighted by atomic mass is 32.2. The summed E-state index contributed by atoms with van der Waals surface area (Å²) >= 11 is 0. The van der Waals surface area contributed by atoms with Gasteiger partial charge in [0.1, 0.15) is 6.29 Å². The SMILES string of the molecule is Cc1ccc(C)c(S(=O)(=O)N2CCC(C=O)CC2)c1. The van der Waals surface area contributed by atoms with Crippen molar-refractivity contribution in [2.24, 2.45) is 5.92 Å². The van der Waals surface area contributed by atoms with E-state index in [-0.39, 0.29) is 5.92 Å². The van der Waals surface area contributed by atoms with Crippen molar-refractivity contribution in [3.8, 4) is 0 Å². The Morgan fingerprint density at radius 2 is 1.84 bits per heavy atom. The molecule has 0 spiro atoms. The first-order chi connectivity index (χ1) is 8.95. The summed E-state index contributed by atoms with van der Waals surface area (Å²) in [5.41, 5.74) is 1.70. The van der Waals surface area contributed by atoms with E-state index < -0.39 is 10.0 Å². The maximum Gasteiger partial charge on any atom is 0.243 e. The summed E-state index contributed by atoms with van der Waals surface area (Å²) < 4.78 is 26.7. The molecule has 19 heavy (non-hydrogen) atoms. The van der Waals surface area contributed by atoms with Crippen molar-refractivity contribution >= 4 is 16.3 Å². The van der Waals surface area contributed by atoms with Crippen LogP contribution in [0.25, 0.3) is 0 Å². The van der Waals surface area contributed by atoms with E-state index in [1.807, 2.05) is 26.0 Å². The van der Waals surface area contributed by atoms with Crippen molar-refractivity contribution in [2.45, 2.75) is 31.6 Å². The second-order valence-electron chi connectivity index (χ2n) is 5.15. The third-order valence-electron chi connectivity index (χ3n) is 3.65. The first-order valence-corrected chi connectivity index (χ1v) is 7.92. The molecule has 0 N–H and O–H groups in total. The van der Waals surface area contributed by atoms with E-state index in [1.54, 1.807) is 6.07 Å². The average molecular weight is 281 g/mol. The Bertz CT molecular complexity index is 572. The molecule has 0 unspecified atom stereocenters. The van der Waals surface area contributed by atoms with Gasteiger partial charge in [-0.05, 0) is 43.9 Å². The fourth-order valence-electron chi connectivity index (χ4n) is 2.38. The Labute approximate surface area is 114 Å². The molecule has 1 heterocycles. The van der Waals surface area contributed by atoms with Crippen LogP contribution >= 0.6 is 0 Å². The van der Waals surface area contributed by atoms with Crippen LogP contribution in [0.4, 0.5) is 0 Å². The Balaban J connectivity index is 2.28. The predicted octanol–water partition coefficient (Wildman–Crippen LogP) is 1.90. The molecular weight excluding hydrogens is 262 g/mol. The van der Waals surface area contributed by atoms with Gasteiger partial charge >= 0.3 is 0 Å². The number of carbonyl (C=O) groups is 1. The monoisotopic (exact) mass is 281 g/mol. The van der Waals surface area contributed by atoms with E-state index in [0.717, 1.165) is 17.4 Å². The van der Waals surface area contributed by atoms with Crippen molar-refractivity contribution < 1.29 is 13.2 Å².